The maximum Gasteiger partial charge on any atom is 0.143 e. The zero-order valence-electron chi connectivity index (χ0n) is 7.81. The first-order valence-electron chi connectivity index (χ1n) is 4.33. The minimum absolute atomic E-state index is 0.502. The second-order valence-electron chi connectivity index (χ2n) is 2.83. The van der Waals surface area contributed by atoms with Gasteiger partial charge >= 0.3 is 0 Å². The van der Waals surface area contributed by atoms with Crippen LogP contribution >= 0.6 is 0 Å². The number of aromatic amines is 1. The molecule has 0 spiro atoms. The van der Waals surface area contributed by atoms with Gasteiger partial charge in [-0.25, -0.2) is 9.97 Å². The second-order valence-corrected chi connectivity index (χ2v) is 2.83. The van der Waals surface area contributed by atoms with Crippen molar-refractivity contribution in [1.29, 1.82) is 5.26 Å². The number of H-pyrrole nitrogens is 1. The molecule has 0 aliphatic rings. The number of anilines is 1. The summed E-state index contributed by atoms with van der Waals surface area (Å²) < 4.78 is 0. The largest absolute Gasteiger partial charge is 0.363 e. The van der Waals surface area contributed by atoms with Crippen molar-refractivity contribution in [2.75, 3.05) is 5.32 Å². The first-order valence-corrected chi connectivity index (χ1v) is 4.33. The normalized spacial score (nSPS) is 9.53. The quantitative estimate of drug-likeness (QED) is 0.760. The molecule has 6 heteroatoms. The number of rotatable bonds is 3. The molecule has 2 aromatic heterocycles. The Labute approximate surface area is 86.0 Å². The van der Waals surface area contributed by atoms with Crippen molar-refractivity contribution in [3.05, 3.63) is 36.0 Å². The van der Waals surface area contributed by atoms with E-state index in [0.29, 0.717) is 17.9 Å². The van der Waals surface area contributed by atoms with Crippen LogP contribution in [0, 0.1) is 11.3 Å². The molecule has 2 N–H and O–H groups in total. The minimum atomic E-state index is 0.502. The summed E-state index contributed by atoms with van der Waals surface area (Å²) in [6, 6.07) is 5.37. The van der Waals surface area contributed by atoms with Crippen LogP contribution in [0.2, 0.25) is 0 Å². The van der Waals surface area contributed by atoms with E-state index in [1.54, 1.807) is 18.3 Å². The van der Waals surface area contributed by atoms with Gasteiger partial charge in [-0.3, -0.25) is 5.10 Å². The number of nitriles is 1. The summed E-state index contributed by atoms with van der Waals surface area (Å²) in [5, 5.41) is 18.1. The van der Waals surface area contributed by atoms with Gasteiger partial charge in [0.2, 0.25) is 0 Å². The Morgan fingerprint density at radius 1 is 1.47 bits per heavy atom. The van der Waals surface area contributed by atoms with Gasteiger partial charge in [-0.15, -0.1) is 0 Å². The topological polar surface area (TPSA) is 90.3 Å². The van der Waals surface area contributed by atoms with Crippen molar-refractivity contribution in [2.45, 2.75) is 6.54 Å². The number of pyridine rings is 1. The van der Waals surface area contributed by atoms with Gasteiger partial charge < -0.3 is 5.32 Å². The van der Waals surface area contributed by atoms with Crippen LogP contribution in [0.25, 0.3) is 0 Å². The molecule has 0 aliphatic carbocycles. The number of nitrogens with one attached hydrogen (secondary N) is 2. The van der Waals surface area contributed by atoms with Crippen molar-refractivity contribution in [3.63, 3.8) is 0 Å². The average Bonchev–Trinajstić information content (AvgIpc) is 2.79. The molecule has 2 aromatic rings. The van der Waals surface area contributed by atoms with Crippen LogP contribution in [-0.4, -0.2) is 20.2 Å². The van der Waals surface area contributed by atoms with E-state index in [9.17, 15) is 0 Å². The summed E-state index contributed by atoms with van der Waals surface area (Å²) in [7, 11) is 0. The molecular formula is C9H8N6. The molecule has 6 nitrogen and oxygen atoms in total. The fourth-order valence-corrected chi connectivity index (χ4v) is 1.09. The molecule has 0 fully saturated rings. The van der Waals surface area contributed by atoms with Gasteiger partial charge in [0, 0.05) is 6.20 Å². The van der Waals surface area contributed by atoms with Crippen LogP contribution in [0.1, 0.15) is 11.4 Å². The Morgan fingerprint density at radius 3 is 3.13 bits per heavy atom. The monoisotopic (exact) mass is 200 g/mol. The predicted molar refractivity (Wildman–Crippen MR) is 52.7 cm³/mol. The number of hydrogen-bond donors (Lipinski definition) is 2. The molecule has 0 aliphatic heterocycles. The molecular weight excluding hydrogens is 192 g/mol. The summed E-state index contributed by atoms with van der Waals surface area (Å²) in [6.45, 7) is 0.502. The average molecular weight is 200 g/mol. The minimum Gasteiger partial charge on any atom is -0.363 e. The Kier molecular flexibility index (Phi) is 2.56. The molecule has 74 valence electrons. The lowest BCUT2D eigenvalue weighted by Gasteiger charge is -2.02. The lowest BCUT2D eigenvalue weighted by atomic mass is 10.3. The number of hydrogen-bond acceptors (Lipinski definition) is 5. The molecule has 0 bridgehead atoms. The molecule has 2 heterocycles. The van der Waals surface area contributed by atoms with Gasteiger partial charge in [0.15, 0.2) is 0 Å². The molecule has 2 rings (SSSR count). The molecule has 0 aromatic carbocycles. The van der Waals surface area contributed by atoms with Crippen molar-refractivity contribution >= 4 is 5.82 Å². The van der Waals surface area contributed by atoms with E-state index in [2.05, 4.69) is 25.5 Å². The Bertz CT molecular complexity index is 470. The molecule has 0 amide bonds. The smallest absolute Gasteiger partial charge is 0.143 e. The van der Waals surface area contributed by atoms with E-state index in [-0.39, 0.29) is 0 Å². The Hall–Kier alpha value is -2.42. The lowest BCUT2D eigenvalue weighted by Crippen LogP contribution is -2.02. The van der Waals surface area contributed by atoms with Crippen LogP contribution in [0.15, 0.2) is 24.7 Å². The van der Waals surface area contributed by atoms with Gasteiger partial charge in [0.1, 0.15) is 18.0 Å². The third-order valence-electron chi connectivity index (χ3n) is 1.79. The second kappa shape index (κ2) is 4.19. The standard InChI is InChI=1S/C9H8N6/c10-4-7-1-2-11-8(3-7)12-5-9-13-6-14-15-9/h1-3,6H,5H2,(H,11,12)(H,13,14,15). The molecule has 0 unspecified atom stereocenters. The maximum atomic E-state index is 8.68. The summed E-state index contributed by atoms with van der Waals surface area (Å²) in [5.74, 6) is 1.37. The number of aromatic nitrogens is 4. The van der Waals surface area contributed by atoms with Crippen molar-refractivity contribution in [3.8, 4) is 6.07 Å². The third kappa shape index (κ3) is 2.28. The summed E-state index contributed by atoms with van der Waals surface area (Å²) >= 11 is 0. The Morgan fingerprint density at radius 2 is 2.40 bits per heavy atom. The van der Waals surface area contributed by atoms with Gasteiger partial charge in [0.05, 0.1) is 18.2 Å². The van der Waals surface area contributed by atoms with Crippen LogP contribution in [0.4, 0.5) is 5.82 Å². The van der Waals surface area contributed by atoms with E-state index >= 15 is 0 Å². The number of nitrogens with zero attached hydrogens (tertiary/aromatic N) is 4. The first-order chi connectivity index (χ1) is 7.38. The van der Waals surface area contributed by atoms with Crippen molar-refractivity contribution < 1.29 is 0 Å². The SMILES string of the molecule is N#Cc1ccnc(NCc2ncn[nH]2)c1. The zero-order chi connectivity index (χ0) is 10.5. The van der Waals surface area contributed by atoms with Crippen LogP contribution < -0.4 is 5.32 Å². The van der Waals surface area contributed by atoms with Crippen molar-refractivity contribution in [2.24, 2.45) is 0 Å². The van der Waals surface area contributed by atoms with Gasteiger partial charge in [0.25, 0.3) is 0 Å². The highest BCUT2D eigenvalue weighted by molar-refractivity contribution is 5.42. The van der Waals surface area contributed by atoms with E-state index < -0.39 is 0 Å². The van der Waals surface area contributed by atoms with Crippen LogP contribution in [0.3, 0.4) is 0 Å². The lowest BCUT2D eigenvalue weighted by molar-refractivity contribution is 0.947. The fraction of sp³-hybridized carbons (Fsp3) is 0.111. The predicted octanol–water partition coefficient (Wildman–Crippen LogP) is 0.683. The molecule has 0 atom stereocenters. The van der Waals surface area contributed by atoms with Gasteiger partial charge in [-0.05, 0) is 12.1 Å². The molecule has 0 saturated heterocycles. The zero-order valence-corrected chi connectivity index (χ0v) is 7.81. The van der Waals surface area contributed by atoms with Gasteiger partial charge in [-0.1, -0.05) is 0 Å². The molecule has 0 radical (unpaired) electrons. The molecule has 0 saturated carbocycles. The van der Waals surface area contributed by atoms with E-state index in [1.165, 1.54) is 6.33 Å². The van der Waals surface area contributed by atoms with E-state index in [4.69, 9.17) is 5.26 Å². The van der Waals surface area contributed by atoms with Crippen molar-refractivity contribution in [1.82, 2.24) is 20.2 Å². The Balaban J connectivity index is 2.02. The highest BCUT2D eigenvalue weighted by Crippen LogP contribution is 2.06. The maximum absolute atomic E-state index is 8.68. The highest BCUT2D eigenvalue weighted by Gasteiger charge is 1.98. The summed E-state index contributed by atoms with van der Waals surface area (Å²) in [6.07, 6.45) is 3.03. The third-order valence-corrected chi connectivity index (χ3v) is 1.79. The van der Waals surface area contributed by atoms with E-state index in [1.807, 2.05) is 6.07 Å². The summed E-state index contributed by atoms with van der Waals surface area (Å²) in [4.78, 5) is 8.01. The van der Waals surface area contributed by atoms with Gasteiger partial charge in [-0.2, -0.15) is 10.4 Å². The molecule has 15 heavy (non-hydrogen) atoms. The van der Waals surface area contributed by atoms with E-state index in [0.717, 1.165) is 5.82 Å². The summed E-state index contributed by atoms with van der Waals surface area (Å²) in [5.41, 5.74) is 0.574. The fourth-order valence-electron chi connectivity index (χ4n) is 1.09. The van der Waals surface area contributed by atoms with Crippen LogP contribution in [0.5, 0.6) is 0 Å². The first kappa shape index (κ1) is 9.15. The van der Waals surface area contributed by atoms with Crippen LogP contribution in [-0.2, 0) is 6.54 Å². The highest BCUT2D eigenvalue weighted by atomic mass is 15.2.